The Hall–Kier alpha value is -1.09. The zero-order valence-electron chi connectivity index (χ0n) is 11.7. The second-order valence-corrected chi connectivity index (χ2v) is 8.02. The Labute approximate surface area is 124 Å². The van der Waals surface area contributed by atoms with Gasteiger partial charge in [-0.25, -0.2) is 0 Å². The molecule has 4 bridgehead atoms. The highest BCUT2D eigenvalue weighted by Crippen LogP contribution is 2.55. The molecule has 5 rings (SSSR count). The van der Waals surface area contributed by atoms with E-state index in [1.54, 1.807) is 17.4 Å². The van der Waals surface area contributed by atoms with Gasteiger partial charge in [0.2, 0.25) is 5.91 Å². The van der Waals surface area contributed by atoms with Gasteiger partial charge in [-0.05, 0) is 73.8 Å². The van der Waals surface area contributed by atoms with Crippen LogP contribution in [0.4, 0.5) is 0 Å². The van der Waals surface area contributed by atoms with Crippen LogP contribution in [0.5, 0.6) is 0 Å². The molecule has 0 aromatic carbocycles. The molecule has 106 valence electrons. The van der Waals surface area contributed by atoms with Crippen molar-refractivity contribution in [2.45, 2.75) is 44.1 Å². The fraction of sp³-hybridized carbons (Fsp3) is 0.588. The van der Waals surface area contributed by atoms with Gasteiger partial charge in [0.1, 0.15) is 0 Å². The lowest BCUT2D eigenvalue weighted by atomic mass is 9.53. The largest absolute Gasteiger partial charge is 0.347 e. The van der Waals surface area contributed by atoms with Crippen LogP contribution in [-0.2, 0) is 4.79 Å². The van der Waals surface area contributed by atoms with Gasteiger partial charge < -0.3 is 5.32 Å². The Morgan fingerprint density at radius 1 is 1.20 bits per heavy atom. The average Bonchev–Trinajstić information content (AvgIpc) is 2.87. The quantitative estimate of drug-likeness (QED) is 0.841. The number of hydrogen-bond donors (Lipinski definition) is 1. The van der Waals surface area contributed by atoms with Crippen molar-refractivity contribution in [3.8, 4) is 0 Å². The Kier molecular flexibility index (Phi) is 2.99. The zero-order valence-corrected chi connectivity index (χ0v) is 12.5. The van der Waals surface area contributed by atoms with E-state index in [1.165, 1.54) is 38.5 Å². The smallest absolute Gasteiger partial charge is 0.244 e. The van der Waals surface area contributed by atoms with E-state index in [-0.39, 0.29) is 11.4 Å². The maximum atomic E-state index is 12.2. The molecule has 4 fully saturated rings. The summed E-state index contributed by atoms with van der Waals surface area (Å²) in [4.78, 5) is 13.4. The van der Waals surface area contributed by atoms with E-state index in [4.69, 9.17) is 0 Å². The fourth-order valence-electron chi connectivity index (χ4n) is 5.11. The predicted molar refractivity (Wildman–Crippen MR) is 82.4 cm³/mol. The van der Waals surface area contributed by atoms with Gasteiger partial charge in [-0.3, -0.25) is 4.79 Å². The van der Waals surface area contributed by atoms with E-state index < -0.39 is 0 Å². The van der Waals surface area contributed by atoms with Gasteiger partial charge in [0.15, 0.2) is 0 Å². The number of nitrogens with one attached hydrogen (secondary N) is 1. The number of carbonyl (C=O) groups is 1. The number of hydrogen-bond acceptors (Lipinski definition) is 2. The first kappa shape index (κ1) is 12.6. The Morgan fingerprint density at radius 2 is 1.85 bits per heavy atom. The predicted octanol–water partition coefficient (Wildman–Crippen LogP) is 3.85. The summed E-state index contributed by atoms with van der Waals surface area (Å²) in [5.41, 5.74) is 0.131. The topological polar surface area (TPSA) is 29.1 Å². The summed E-state index contributed by atoms with van der Waals surface area (Å²) in [5, 5.41) is 5.40. The molecular weight excluding hydrogens is 266 g/mol. The van der Waals surface area contributed by atoms with Crippen molar-refractivity contribution in [3.63, 3.8) is 0 Å². The third kappa shape index (κ3) is 2.32. The molecule has 20 heavy (non-hydrogen) atoms. The molecule has 0 aliphatic heterocycles. The molecule has 0 spiro atoms. The maximum Gasteiger partial charge on any atom is 0.244 e. The van der Waals surface area contributed by atoms with E-state index in [0.717, 1.165) is 22.6 Å². The van der Waals surface area contributed by atoms with Crippen molar-refractivity contribution >= 4 is 23.3 Å². The zero-order chi connectivity index (χ0) is 13.6. The van der Waals surface area contributed by atoms with Crippen molar-refractivity contribution < 1.29 is 4.79 Å². The molecule has 1 aromatic rings. The first-order valence-electron chi connectivity index (χ1n) is 7.74. The van der Waals surface area contributed by atoms with Crippen molar-refractivity contribution in [3.05, 3.63) is 28.5 Å². The molecule has 4 saturated carbocycles. The molecule has 3 heteroatoms. The lowest BCUT2D eigenvalue weighted by molar-refractivity contribution is -0.122. The molecular formula is C17H21NOS. The molecule has 4 aliphatic carbocycles. The maximum absolute atomic E-state index is 12.2. The summed E-state index contributed by atoms with van der Waals surface area (Å²) in [7, 11) is 0. The summed E-state index contributed by atoms with van der Waals surface area (Å²) < 4.78 is 0. The van der Waals surface area contributed by atoms with Crippen LogP contribution in [-0.4, -0.2) is 11.4 Å². The van der Waals surface area contributed by atoms with Gasteiger partial charge in [-0.15, -0.1) is 11.3 Å². The summed E-state index contributed by atoms with van der Waals surface area (Å²) in [5.74, 6) is 2.73. The van der Waals surface area contributed by atoms with Crippen LogP contribution in [0.25, 0.3) is 6.08 Å². The van der Waals surface area contributed by atoms with Gasteiger partial charge >= 0.3 is 0 Å². The highest BCUT2D eigenvalue weighted by molar-refractivity contribution is 7.10. The minimum atomic E-state index is 0.0975. The second kappa shape index (κ2) is 4.73. The van der Waals surface area contributed by atoms with Crippen LogP contribution in [0.2, 0.25) is 0 Å². The van der Waals surface area contributed by atoms with Crippen LogP contribution >= 0.6 is 11.3 Å². The van der Waals surface area contributed by atoms with Gasteiger partial charge in [0.25, 0.3) is 0 Å². The summed E-state index contributed by atoms with van der Waals surface area (Å²) in [6.45, 7) is 0. The van der Waals surface area contributed by atoms with Gasteiger partial charge in [0.05, 0.1) is 0 Å². The van der Waals surface area contributed by atoms with Crippen molar-refractivity contribution in [2.75, 3.05) is 0 Å². The molecule has 2 nitrogen and oxygen atoms in total. The first-order chi connectivity index (χ1) is 9.71. The number of carbonyl (C=O) groups excluding carboxylic acids is 1. The van der Waals surface area contributed by atoms with Crippen molar-refractivity contribution in [2.24, 2.45) is 17.8 Å². The molecule has 0 unspecified atom stereocenters. The van der Waals surface area contributed by atoms with Gasteiger partial charge in [-0.2, -0.15) is 0 Å². The number of amides is 1. The summed E-state index contributed by atoms with van der Waals surface area (Å²) >= 11 is 1.67. The third-order valence-electron chi connectivity index (χ3n) is 5.37. The van der Waals surface area contributed by atoms with E-state index >= 15 is 0 Å². The van der Waals surface area contributed by atoms with E-state index in [2.05, 4.69) is 5.32 Å². The molecule has 0 saturated heterocycles. The summed E-state index contributed by atoms with van der Waals surface area (Å²) in [6, 6.07) is 4.06. The van der Waals surface area contributed by atoms with Crippen molar-refractivity contribution in [1.82, 2.24) is 5.32 Å². The SMILES string of the molecule is O=C(C=Cc1cccs1)NC12CC3CC(CC(C3)C1)C2. The van der Waals surface area contributed by atoms with Crippen LogP contribution in [0.3, 0.4) is 0 Å². The number of thiophene rings is 1. The molecule has 0 radical (unpaired) electrons. The minimum Gasteiger partial charge on any atom is -0.347 e. The van der Waals surface area contributed by atoms with Crippen LogP contribution < -0.4 is 5.32 Å². The number of rotatable bonds is 3. The van der Waals surface area contributed by atoms with E-state index in [0.29, 0.717) is 0 Å². The molecule has 1 amide bonds. The Balaban J connectivity index is 1.44. The monoisotopic (exact) mass is 287 g/mol. The molecule has 1 heterocycles. The van der Waals surface area contributed by atoms with Crippen LogP contribution in [0.15, 0.2) is 23.6 Å². The van der Waals surface area contributed by atoms with Crippen LogP contribution in [0, 0.1) is 17.8 Å². The minimum absolute atomic E-state index is 0.0975. The highest BCUT2D eigenvalue weighted by Gasteiger charge is 2.51. The summed E-state index contributed by atoms with van der Waals surface area (Å²) in [6.07, 6.45) is 11.6. The van der Waals surface area contributed by atoms with Gasteiger partial charge in [0, 0.05) is 16.5 Å². The molecule has 0 atom stereocenters. The first-order valence-corrected chi connectivity index (χ1v) is 8.62. The van der Waals surface area contributed by atoms with E-state index in [9.17, 15) is 4.79 Å². The molecule has 4 aliphatic rings. The van der Waals surface area contributed by atoms with E-state index in [1.807, 2.05) is 23.6 Å². The fourth-order valence-corrected chi connectivity index (χ4v) is 5.73. The Bertz CT molecular complexity index is 496. The standard InChI is InChI=1S/C17H21NOS/c19-16(4-3-15-2-1-5-20-15)18-17-9-12-6-13(10-17)8-14(7-12)11-17/h1-5,12-14H,6-11H2,(H,18,19). The third-order valence-corrected chi connectivity index (χ3v) is 6.21. The molecule has 1 aromatic heterocycles. The average molecular weight is 287 g/mol. The normalized spacial score (nSPS) is 38.5. The lowest BCUT2D eigenvalue weighted by Crippen LogP contribution is -2.59. The molecule has 1 N–H and O–H groups in total. The van der Waals surface area contributed by atoms with Crippen LogP contribution in [0.1, 0.15) is 43.4 Å². The lowest BCUT2D eigenvalue weighted by Gasteiger charge is -2.56. The Morgan fingerprint density at radius 3 is 2.40 bits per heavy atom. The van der Waals surface area contributed by atoms with Gasteiger partial charge in [-0.1, -0.05) is 6.07 Å². The second-order valence-electron chi connectivity index (χ2n) is 7.04. The highest BCUT2D eigenvalue weighted by atomic mass is 32.1. The van der Waals surface area contributed by atoms with Crippen molar-refractivity contribution in [1.29, 1.82) is 0 Å².